The number of nitrogens with one attached hydrogen (secondary N) is 1. The summed E-state index contributed by atoms with van der Waals surface area (Å²) in [7, 11) is 0. The van der Waals surface area contributed by atoms with Gasteiger partial charge in [0.15, 0.2) is 0 Å². The summed E-state index contributed by atoms with van der Waals surface area (Å²) in [6.45, 7) is 1.10. The monoisotopic (exact) mass is 165 g/mol. The van der Waals surface area contributed by atoms with E-state index >= 15 is 0 Å². The van der Waals surface area contributed by atoms with Gasteiger partial charge in [0, 0.05) is 23.7 Å². The van der Waals surface area contributed by atoms with Gasteiger partial charge in [-0.25, -0.2) is 0 Å². The average molecular weight is 165 g/mol. The van der Waals surface area contributed by atoms with Crippen molar-refractivity contribution in [3.63, 3.8) is 0 Å². The van der Waals surface area contributed by atoms with Gasteiger partial charge in [-0.05, 0) is 11.6 Å². The van der Waals surface area contributed by atoms with Crippen LogP contribution in [-0.4, -0.2) is 12.3 Å². The first kappa shape index (κ1) is 7.04. The minimum Gasteiger partial charge on any atom is -0.384 e. The maximum absolute atomic E-state index is 3.40. The maximum Gasteiger partial charge on any atom is 0.0381 e. The Bertz CT molecular complexity index is 222. The number of para-hydroxylation sites is 1. The number of thioether (sulfide) groups is 1. The Hall–Kier alpha value is -0.630. The molecule has 0 amide bonds. The van der Waals surface area contributed by atoms with E-state index in [9.17, 15) is 0 Å². The molecule has 1 N–H and O–H groups in total. The molecule has 1 aliphatic heterocycles. The Morgan fingerprint density at radius 3 is 3.18 bits per heavy atom. The summed E-state index contributed by atoms with van der Waals surface area (Å²) in [5.74, 6) is 2.37. The Morgan fingerprint density at radius 2 is 2.18 bits per heavy atom. The van der Waals surface area contributed by atoms with Crippen LogP contribution in [0.4, 0.5) is 5.69 Å². The molecular formula is C9H11NS. The highest BCUT2D eigenvalue weighted by Crippen LogP contribution is 2.23. The molecule has 58 valence electrons. The zero-order valence-corrected chi connectivity index (χ0v) is 7.16. The smallest absolute Gasteiger partial charge is 0.0381 e. The van der Waals surface area contributed by atoms with Crippen molar-refractivity contribution in [2.45, 2.75) is 5.75 Å². The van der Waals surface area contributed by atoms with Gasteiger partial charge >= 0.3 is 0 Å². The van der Waals surface area contributed by atoms with Gasteiger partial charge in [-0.15, -0.1) is 0 Å². The summed E-state index contributed by atoms with van der Waals surface area (Å²) in [5.41, 5.74) is 2.76. The number of hydrogen-bond donors (Lipinski definition) is 1. The molecule has 1 aromatic rings. The van der Waals surface area contributed by atoms with E-state index in [1.807, 2.05) is 11.8 Å². The molecule has 1 aromatic carbocycles. The first-order valence-corrected chi connectivity index (χ1v) is 5.02. The molecule has 2 rings (SSSR count). The fraction of sp³-hybridized carbons (Fsp3) is 0.333. The molecule has 0 saturated heterocycles. The van der Waals surface area contributed by atoms with Crippen LogP contribution in [0, 0.1) is 0 Å². The van der Waals surface area contributed by atoms with Gasteiger partial charge in [0.2, 0.25) is 0 Å². The largest absolute Gasteiger partial charge is 0.384 e. The number of anilines is 1. The van der Waals surface area contributed by atoms with Crippen LogP contribution in [-0.2, 0) is 5.75 Å². The Labute approximate surface area is 71.2 Å². The lowest BCUT2D eigenvalue weighted by Crippen LogP contribution is -2.01. The molecule has 0 aromatic heterocycles. The lowest BCUT2D eigenvalue weighted by molar-refractivity contribution is 1.23. The van der Waals surface area contributed by atoms with E-state index < -0.39 is 0 Å². The molecule has 1 heterocycles. The summed E-state index contributed by atoms with van der Waals surface area (Å²) >= 11 is 2.00. The molecule has 0 saturated carbocycles. The maximum atomic E-state index is 3.40. The third kappa shape index (κ3) is 1.51. The Kier molecular flexibility index (Phi) is 2.04. The fourth-order valence-corrected chi connectivity index (χ4v) is 2.12. The van der Waals surface area contributed by atoms with Gasteiger partial charge < -0.3 is 5.32 Å². The van der Waals surface area contributed by atoms with Gasteiger partial charge in [0.1, 0.15) is 0 Å². The summed E-state index contributed by atoms with van der Waals surface area (Å²) < 4.78 is 0. The molecule has 0 radical (unpaired) electrons. The second kappa shape index (κ2) is 3.18. The molecular weight excluding hydrogens is 154 g/mol. The Morgan fingerprint density at radius 1 is 1.27 bits per heavy atom. The normalized spacial score (nSPS) is 16.4. The standard InChI is InChI=1S/C9H11NS/c1-2-4-9-8(3-1)7-11-6-5-10-9/h1-4,10H,5-7H2. The molecule has 0 aliphatic carbocycles. The van der Waals surface area contributed by atoms with E-state index in [-0.39, 0.29) is 0 Å². The topological polar surface area (TPSA) is 12.0 Å². The van der Waals surface area contributed by atoms with Crippen molar-refractivity contribution >= 4 is 17.4 Å². The van der Waals surface area contributed by atoms with E-state index in [4.69, 9.17) is 0 Å². The van der Waals surface area contributed by atoms with Crippen LogP contribution in [0.25, 0.3) is 0 Å². The molecule has 2 heteroatoms. The van der Waals surface area contributed by atoms with Crippen LogP contribution in [0.2, 0.25) is 0 Å². The minimum absolute atomic E-state index is 1.10. The van der Waals surface area contributed by atoms with Gasteiger partial charge in [0.05, 0.1) is 0 Å². The van der Waals surface area contributed by atoms with Crippen LogP contribution >= 0.6 is 11.8 Å². The molecule has 0 fully saturated rings. The van der Waals surface area contributed by atoms with E-state index in [2.05, 4.69) is 29.6 Å². The van der Waals surface area contributed by atoms with E-state index in [1.54, 1.807) is 0 Å². The predicted octanol–water partition coefficient (Wildman–Crippen LogP) is 2.35. The molecule has 0 atom stereocenters. The predicted molar refractivity (Wildman–Crippen MR) is 51.1 cm³/mol. The summed E-state index contributed by atoms with van der Waals surface area (Å²) in [4.78, 5) is 0. The molecule has 1 nitrogen and oxygen atoms in total. The molecule has 1 aliphatic rings. The van der Waals surface area contributed by atoms with Gasteiger partial charge in [-0.2, -0.15) is 11.8 Å². The second-order valence-electron chi connectivity index (χ2n) is 2.64. The van der Waals surface area contributed by atoms with Crippen LogP contribution in [0.15, 0.2) is 24.3 Å². The fourth-order valence-electron chi connectivity index (χ4n) is 1.26. The van der Waals surface area contributed by atoms with Gasteiger partial charge in [-0.3, -0.25) is 0 Å². The highest BCUT2D eigenvalue weighted by atomic mass is 32.2. The first-order chi connectivity index (χ1) is 5.47. The first-order valence-electron chi connectivity index (χ1n) is 3.86. The molecule has 0 bridgehead atoms. The molecule has 11 heavy (non-hydrogen) atoms. The van der Waals surface area contributed by atoms with Gasteiger partial charge in [0.25, 0.3) is 0 Å². The van der Waals surface area contributed by atoms with Crippen molar-refractivity contribution < 1.29 is 0 Å². The zero-order valence-electron chi connectivity index (χ0n) is 6.34. The van der Waals surface area contributed by atoms with Crippen molar-refractivity contribution in [3.8, 4) is 0 Å². The van der Waals surface area contributed by atoms with Crippen molar-refractivity contribution in [3.05, 3.63) is 29.8 Å². The number of hydrogen-bond acceptors (Lipinski definition) is 2. The number of benzene rings is 1. The SMILES string of the molecule is c1ccc2c(c1)CSCCN2. The lowest BCUT2D eigenvalue weighted by Gasteiger charge is -2.04. The number of fused-ring (bicyclic) bond motifs is 1. The second-order valence-corrected chi connectivity index (χ2v) is 3.74. The highest BCUT2D eigenvalue weighted by Gasteiger charge is 2.04. The zero-order chi connectivity index (χ0) is 7.52. The summed E-state index contributed by atoms with van der Waals surface area (Å²) in [6.07, 6.45) is 0. The van der Waals surface area contributed by atoms with Crippen LogP contribution in [0.1, 0.15) is 5.56 Å². The lowest BCUT2D eigenvalue weighted by atomic mass is 10.2. The Balaban J connectivity index is 2.33. The minimum atomic E-state index is 1.10. The van der Waals surface area contributed by atoms with Crippen LogP contribution in [0.3, 0.4) is 0 Å². The summed E-state index contributed by atoms with van der Waals surface area (Å²) in [6, 6.07) is 8.54. The highest BCUT2D eigenvalue weighted by molar-refractivity contribution is 7.98. The van der Waals surface area contributed by atoms with E-state index in [1.165, 1.54) is 17.0 Å². The van der Waals surface area contributed by atoms with E-state index in [0.29, 0.717) is 0 Å². The quantitative estimate of drug-likeness (QED) is 0.633. The van der Waals surface area contributed by atoms with Gasteiger partial charge in [-0.1, -0.05) is 18.2 Å². The third-order valence-electron chi connectivity index (χ3n) is 1.84. The number of rotatable bonds is 0. The van der Waals surface area contributed by atoms with Crippen LogP contribution < -0.4 is 5.32 Å². The average Bonchev–Trinajstić information content (AvgIpc) is 2.28. The molecule has 0 unspecified atom stereocenters. The van der Waals surface area contributed by atoms with Crippen molar-refractivity contribution in [2.75, 3.05) is 17.6 Å². The van der Waals surface area contributed by atoms with Crippen molar-refractivity contribution in [1.29, 1.82) is 0 Å². The van der Waals surface area contributed by atoms with Crippen molar-refractivity contribution in [1.82, 2.24) is 0 Å². The third-order valence-corrected chi connectivity index (χ3v) is 2.84. The van der Waals surface area contributed by atoms with Crippen LogP contribution in [0.5, 0.6) is 0 Å². The van der Waals surface area contributed by atoms with Crippen molar-refractivity contribution in [2.24, 2.45) is 0 Å². The summed E-state index contributed by atoms with van der Waals surface area (Å²) in [5, 5.41) is 3.40. The molecule has 0 spiro atoms. The van der Waals surface area contributed by atoms with E-state index in [0.717, 1.165) is 12.3 Å².